The van der Waals surface area contributed by atoms with Gasteiger partial charge in [0.05, 0.1) is 10.7 Å². The van der Waals surface area contributed by atoms with Crippen LogP contribution in [-0.4, -0.2) is 10.9 Å². The topological polar surface area (TPSA) is 67.2 Å². The molecule has 1 aromatic heterocycles. The number of aromatic nitrogens is 1. The van der Waals surface area contributed by atoms with Gasteiger partial charge in [-0.25, -0.2) is 4.98 Å². The highest BCUT2D eigenvalue weighted by Gasteiger charge is 2.17. The number of carbonyl (C=O) groups is 1. The number of carbonyl (C=O) groups excluding carboxylic acids is 1. The Hall–Kier alpha value is -2.63. The standard InChI is InChI=1S/C21H22ClN3O2/c1-13(17-7-5-4-6-8-17)23-12-16-9-10-18(22)19(11-16)25-21(26)20-14(2)27-15(3)24-20/h4-11,13,23H,12H2,1-3H3,(H,25,26). The number of rotatable bonds is 6. The smallest absolute Gasteiger partial charge is 0.277 e. The molecule has 0 bridgehead atoms. The SMILES string of the molecule is Cc1nc(C(=O)Nc2cc(CNC(C)c3ccccc3)ccc2Cl)c(C)o1. The van der Waals surface area contributed by atoms with E-state index in [-0.39, 0.29) is 17.6 Å². The molecule has 5 nitrogen and oxygen atoms in total. The molecular weight excluding hydrogens is 362 g/mol. The van der Waals surface area contributed by atoms with Gasteiger partial charge in [0.25, 0.3) is 5.91 Å². The van der Waals surface area contributed by atoms with Crippen molar-refractivity contribution >= 4 is 23.2 Å². The first-order valence-electron chi connectivity index (χ1n) is 8.76. The number of benzene rings is 2. The summed E-state index contributed by atoms with van der Waals surface area (Å²) in [6, 6.07) is 16.0. The first-order chi connectivity index (χ1) is 12.9. The van der Waals surface area contributed by atoms with Gasteiger partial charge < -0.3 is 15.1 Å². The maximum atomic E-state index is 12.5. The van der Waals surface area contributed by atoms with E-state index in [0.29, 0.717) is 28.9 Å². The fraction of sp³-hybridized carbons (Fsp3) is 0.238. The van der Waals surface area contributed by atoms with Gasteiger partial charge in [-0.15, -0.1) is 0 Å². The predicted octanol–water partition coefficient (Wildman–Crippen LogP) is 5.05. The molecule has 0 saturated carbocycles. The predicted molar refractivity (Wildman–Crippen MR) is 107 cm³/mol. The minimum Gasteiger partial charge on any atom is -0.445 e. The zero-order chi connectivity index (χ0) is 19.4. The molecular formula is C21H22ClN3O2. The van der Waals surface area contributed by atoms with Crippen LogP contribution in [0.3, 0.4) is 0 Å². The molecule has 1 amide bonds. The zero-order valence-corrected chi connectivity index (χ0v) is 16.3. The fourth-order valence-electron chi connectivity index (χ4n) is 2.83. The molecule has 0 fully saturated rings. The Balaban J connectivity index is 1.69. The van der Waals surface area contributed by atoms with Crippen LogP contribution in [0.2, 0.25) is 5.02 Å². The lowest BCUT2D eigenvalue weighted by molar-refractivity contribution is 0.102. The number of oxazole rings is 1. The largest absolute Gasteiger partial charge is 0.445 e. The minimum atomic E-state index is -0.339. The van der Waals surface area contributed by atoms with E-state index < -0.39 is 0 Å². The van der Waals surface area contributed by atoms with Crippen LogP contribution < -0.4 is 10.6 Å². The molecule has 3 aromatic rings. The van der Waals surface area contributed by atoms with Crippen molar-refractivity contribution in [2.24, 2.45) is 0 Å². The van der Waals surface area contributed by atoms with Crippen molar-refractivity contribution in [2.45, 2.75) is 33.4 Å². The van der Waals surface area contributed by atoms with Crippen LogP contribution in [0.25, 0.3) is 0 Å². The summed E-state index contributed by atoms with van der Waals surface area (Å²) in [4.78, 5) is 16.6. The first-order valence-corrected chi connectivity index (χ1v) is 9.14. The Morgan fingerprint density at radius 3 is 2.59 bits per heavy atom. The Labute approximate surface area is 163 Å². The number of aryl methyl sites for hydroxylation is 2. The minimum absolute atomic E-state index is 0.209. The van der Waals surface area contributed by atoms with Crippen molar-refractivity contribution in [2.75, 3.05) is 5.32 Å². The molecule has 0 saturated heterocycles. The Bertz CT molecular complexity index is 938. The number of nitrogens with zero attached hydrogens (tertiary/aromatic N) is 1. The third-order valence-electron chi connectivity index (χ3n) is 4.31. The van der Waals surface area contributed by atoms with Crippen LogP contribution in [0.15, 0.2) is 52.9 Å². The van der Waals surface area contributed by atoms with Gasteiger partial charge in [-0.3, -0.25) is 4.79 Å². The molecule has 0 radical (unpaired) electrons. The molecule has 1 unspecified atom stereocenters. The summed E-state index contributed by atoms with van der Waals surface area (Å²) in [6.45, 7) is 6.18. The fourth-order valence-corrected chi connectivity index (χ4v) is 2.99. The number of halogens is 1. The van der Waals surface area contributed by atoms with E-state index in [0.717, 1.165) is 5.56 Å². The number of anilines is 1. The highest BCUT2D eigenvalue weighted by molar-refractivity contribution is 6.33. The summed E-state index contributed by atoms with van der Waals surface area (Å²) >= 11 is 6.25. The molecule has 0 aliphatic carbocycles. The van der Waals surface area contributed by atoms with Crippen molar-refractivity contribution in [1.29, 1.82) is 0 Å². The van der Waals surface area contributed by atoms with E-state index in [1.807, 2.05) is 30.3 Å². The molecule has 1 heterocycles. The lowest BCUT2D eigenvalue weighted by Gasteiger charge is -2.15. The number of amides is 1. The van der Waals surface area contributed by atoms with E-state index in [1.54, 1.807) is 19.9 Å². The van der Waals surface area contributed by atoms with Gasteiger partial charge in [0, 0.05) is 19.5 Å². The van der Waals surface area contributed by atoms with Gasteiger partial charge in [-0.1, -0.05) is 48.0 Å². The van der Waals surface area contributed by atoms with Gasteiger partial charge in [-0.05, 0) is 37.1 Å². The summed E-state index contributed by atoms with van der Waals surface area (Å²) < 4.78 is 5.32. The molecule has 6 heteroatoms. The number of hydrogen-bond donors (Lipinski definition) is 2. The monoisotopic (exact) mass is 383 g/mol. The van der Waals surface area contributed by atoms with Crippen LogP contribution >= 0.6 is 11.6 Å². The summed E-state index contributed by atoms with van der Waals surface area (Å²) in [5.41, 5.74) is 3.06. The van der Waals surface area contributed by atoms with E-state index >= 15 is 0 Å². The van der Waals surface area contributed by atoms with Crippen molar-refractivity contribution in [1.82, 2.24) is 10.3 Å². The Morgan fingerprint density at radius 1 is 1.19 bits per heavy atom. The molecule has 140 valence electrons. The molecule has 0 aliphatic heterocycles. The molecule has 2 N–H and O–H groups in total. The van der Waals surface area contributed by atoms with Crippen molar-refractivity contribution in [3.63, 3.8) is 0 Å². The average molecular weight is 384 g/mol. The van der Waals surface area contributed by atoms with E-state index in [1.165, 1.54) is 5.56 Å². The second kappa shape index (κ2) is 8.37. The number of nitrogens with one attached hydrogen (secondary N) is 2. The maximum Gasteiger partial charge on any atom is 0.277 e. The number of hydrogen-bond acceptors (Lipinski definition) is 4. The lowest BCUT2D eigenvalue weighted by Crippen LogP contribution is -2.18. The average Bonchev–Trinajstić information content (AvgIpc) is 3.01. The molecule has 2 aromatic carbocycles. The van der Waals surface area contributed by atoms with Gasteiger partial charge in [0.15, 0.2) is 11.6 Å². The second-order valence-corrected chi connectivity index (χ2v) is 6.83. The quantitative estimate of drug-likeness (QED) is 0.625. The highest BCUT2D eigenvalue weighted by Crippen LogP contribution is 2.24. The molecule has 1 atom stereocenters. The lowest BCUT2D eigenvalue weighted by atomic mass is 10.1. The third-order valence-corrected chi connectivity index (χ3v) is 4.64. The van der Waals surface area contributed by atoms with Gasteiger partial charge in [0.1, 0.15) is 5.76 Å². The first kappa shape index (κ1) is 19.1. The van der Waals surface area contributed by atoms with Crippen LogP contribution in [0, 0.1) is 13.8 Å². The Morgan fingerprint density at radius 2 is 1.93 bits per heavy atom. The second-order valence-electron chi connectivity index (χ2n) is 6.42. The summed E-state index contributed by atoms with van der Waals surface area (Å²) in [7, 11) is 0. The van der Waals surface area contributed by atoms with Crippen LogP contribution in [-0.2, 0) is 6.54 Å². The normalized spacial score (nSPS) is 12.0. The van der Waals surface area contributed by atoms with Crippen molar-refractivity contribution in [3.8, 4) is 0 Å². The van der Waals surface area contributed by atoms with Crippen LogP contribution in [0.5, 0.6) is 0 Å². The summed E-state index contributed by atoms with van der Waals surface area (Å²) in [5.74, 6) is 0.598. The van der Waals surface area contributed by atoms with Crippen molar-refractivity contribution in [3.05, 3.63) is 82.0 Å². The highest BCUT2D eigenvalue weighted by atomic mass is 35.5. The van der Waals surface area contributed by atoms with Crippen molar-refractivity contribution < 1.29 is 9.21 Å². The van der Waals surface area contributed by atoms with Gasteiger partial charge in [0.2, 0.25) is 0 Å². The molecule has 0 spiro atoms. The summed E-state index contributed by atoms with van der Waals surface area (Å²) in [5, 5.41) is 6.77. The van der Waals surface area contributed by atoms with Gasteiger partial charge >= 0.3 is 0 Å². The maximum absolute atomic E-state index is 12.5. The molecule has 27 heavy (non-hydrogen) atoms. The van der Waals surface area contributed by atoms with E-state index in [4.69, 9.17) is 16.0 Å². The van der Waals surface area contributed by atoms with Gasteiger partial charge in [-0.2, -0.15) is 0 Å². The third kappa shape index (κ3) is 4.76. The zero-order valence-electron chi connectivity index (χ0n) is 15.5. The molecule has 0 aliphatic rings. The van der Waals surface area contributed by atoms with E-state index in [9.17, 15) is 4.79 Å². The Kier molecular flexibility index (Phi) is 5.94. The molecule has 3 rings (SSSR count). The summed E-state index contributed by atoms with van der Waals surface area (Å²) in [6.07, 6.45) is 0. The van der Waals surface area contributed by atoms with Crippen LogP contribution in [0.1, 0.15) is 46.2 Å². The van der Waals surface area contributed by atoms with E-state index in [2.05, 4.69) is 34.7 Å². The van der Waals surface area contributed by atoms with Crippen LogP contribution in [0.4, 0.5) is 5.69 Å².